The minimum atomic E-state index is 0.236. The van der Waals surface area contributed by atoms with Gasteiger partial charge in [-0.2, -0.15) is 0 Å². The Balaban J connectivity index is 2.68. The Bertz CT molecular complexity index is 179. The zero-order chi connectivity index (χ0) is 7.56. The molecule has 1 aliphatic rings. The summed E-state index contributed by atoms with van der Waals surface area (Å²) in [5.74, 6) is 0. The Morgan fingerprint density at radius 2 is 2.50 bits per heavy atom. The van der Waals surface area contributed by atoms with Gasteiger partial charge < -0.3 is 4.90 Å². The molecule has 0 spiro atoms. The summed E-state index contributed by atoms with van der Waals surface area (Å²) in [6.45, 7) is 0. The summed E-state index contributed by atoms with van der Waals surface area (Å²) in [7, 11) is 2.01. The summed E-state index contributed by atoms with van der Waals surface area (Å²) < 4.78 is 1.09. The summed E-state index contributed by atoms with van der Waals surface area (Å²) >= 11 is 5.13. The standard InChI is InChI=1S/C6H9BrN2S/c1-9-5(7)3-4-8-6(9)10-2/h3-4,6H,1-2H3. The van der Waals surface area contributed by atoms with Crippen LogP contribution in [-0.2, 0) is 0 Å². The lowest BCUT2D eigenvalue weighted by Crippen LogP contribution is -2.26. The molecule has 10 heavy (non-hydrogen) atoms. The lowest BCUT2D eigenvalue weighted by atomic mass is 10.5. The number of nitrogens with zero attached hydrogens (tertiary/aromatic N) is 2. The van der Waals surface area contributed by atoms with E-state index < -0.39 is 0 Å². The molecule has 0 saturated carbocycles. The van der Waals surface area contributed by atoms with Gasteiger partial charge in [-0.05, 0) is 28.3 Å². The van der Waals surface area contributed by atoms with Crippen LogP contribution in [0.25, 0.3) is 0 Å². The van der Waals surface area contributed by atoms with Crippen LogP contribution >= 0.6 is 27.7 Å². The first-order valence-corrected chi connectivity index (χ1v) is 4.98. The van der Waals surface area contributed by atoms with Crippen LogP contribution in [0.3, 0.4) is 0 Å². The van der Waals surface area contributed by atoms with E-state index in [1.165, 1.54) is 0 Å². The number of hydrogen-bond donors (Lipinski definition) is 0. The van der Waals surface area contributed by atoms with Gasteiger partial charge >= 0.3 is 0 Å². The molecule has 0 amide bonds. The van der Waals surface area contributed by atoms with Gasteiger partial charge in [0.2, 0.25) is 0 Å². The summed E-state index contributed by atoms with van der Waals surface area (Å²) in [6.07, 6.45) is 5.81. The molecule has 56 valence electrons. The van der Waals surface area contributed by atoms with Gasteiger partial charge in [-0.3, -0.25) is 4.99 Å². The second-order valence-corrected chi connectivity index (χ2v) is 3.67. The Labute approximate surface area is 73.5 Å². The quantitative estimate of drug-likeness (QED) is 0.628. The predicted molar refractivity (Wildman–Crippen MR) is 50.6 cm³/mol. The van der Waals surface area contributed by atoms with Crippen molar-refractivity contribution in [1.82, 2.24) is 4.90 Å². The normalized spacial score (nSPS) is 24.9. The van der Waals surface area contributed by atoms with Crippen LogP contribution < -0.4 is 0 Å². The van der Waals surface area contributed by atoms with Crippen LogP contribution in [-0.4, -0.2) is 29.9 Å². The van der Waals surface area contributed by atoms with Crippen molar-refractivity contribution in [1.29, 1.82) is 0 Å². The third kappa shape index (κ3) is 1.55. The van der Waals surface area contributed by atoms with E-state index in [9.17, 15) is 0 Å². The Morgan fingerprint density at radius 3 is 3.00 bits per heavy atom. The SMILES string of the molecule is CSC1N=CC=C(Br)N1C. The Hall–Kier alpha value is 0.0400. The molecule has 0 aliphatic carbocycles. The topological polar surface area (TPSA) is 15.6 Å². The van der Waals surface area contributed by atoms with Crippen LogP contribution in [0.4, 0.5) is 0 Å². The highest BCUT2D eigenvalue weighted by Gasteiger charge is 2.14. The molecule has 0 aromatic heterocycles. The van der Waals surface area contributed by atoms with Crippen molar-refractivity contribution in [2.45, 2.75) is 5.50 Å². The summed E-state index contributed by atoms with van der Waals surface area (Å²) in [4.78, 5) is 6.31. The average molecular weight is 221 g/mol. The van der Waals surface area contributed by atoms with E-state index in [4.69, 9.17) is 0 Å². The number of rotatable bonds is 1. The lowest BCUT2D eigenvalue weighted by Gasteiger charge is -2.26. The molecule has 1 atom stereocenters. The molecular weight excluding hydrogens is 212 g/mol. The molecule has 1 unspecified atom stereocenters. The van der Waals surface area contributed by atoms with E-state index in [2.05, 4.69) is 25.8 Å². The van der Waals surface area contributed by atoms with Gasteiger partial charge in [0.25, 0.3) is 0 Å². The van der Waals surface area contributed by atoms with Crippen LogP contribution in [0.5, 0.6) is 0 Å². The second-order valence-electron chi connectivity index (χ2n) is 1.96. The van der Waals surface area contributed by atoms with Crippen LogP contribution in [0, 0.1) is 0 Å². The molecule has 0 aromatic rings. The van der Waals surface area contributed by atoms with Crippen molar-refractivity contribution in [3.8, 4) is 0 Å². The minimum absolute atomic E-state index is 0.236. The number of halogens is 1. The highest BCUT2D eigenvalue weighted by Crippen LogP contribution is 2.22. The van der Waals surface area contributed by atoms with Gasteiger partial charge in [-0.15, -0.1) is 11.8 Å². The molecule has 2 nitrogen and oxygen atoms in total. The predicted octanol–water partition coefficient (Wildman–Crippen LogP) is 1.89. The lowest BCUT2D eigenvalue weighted by molar-refractivity contribution is 0.428. The van der Waals surface area contributed by atoms with Gasteiger partial charge in [0.05, 0.1) is 4.61 Å². The molecule has 0 fully saturated rings. The Morgan fingerprint density at radius 1 is 1.80 bits per heavy atom. The van der Waals surface area contributed by atoms with Crippen molar-refractivity contribution in [3.63, 3.8) is 0 Å². The summed E-state index contributed by atoms with van der Waals surface area (Å²) in [5.41, 5.74) is 0.236. The average Bonchev–Trinajstić information content (AvgIpc) is 1.95. The zero-order valence-corrected chi connectivity index (χ0v) is 8.32. The zero-order valence-electron chi connectivity index (χ0n) is 5.91. The van der Waals surface area contributed by atoms with Crippen LogP contribution in [0.2, 0.25) is 0 Å². The first-order valence-electron chi connectivity index (χ1n) is 2.90. The van der Waals surface area contributed by atoms with Gasteiger partial charge in [0, 0.05) is 13.3 Å². The van der Waals surface area contributed by atoms with Crippen molar-refractivity contribution in [3.05, 3.63) is 10.7 Å². The van der Waals surface area contributed by atoms with Crippen molar-refractivity contribution >= 4 is 33.9 Å². The maximum absolute atomic E-state index is 4.24. The maximum atomic E-state index is 4.24. The van der Waals surface area contributed by atoms with E-state index in [0.717, 1.165) is 4.61 Å². The van der Waals surface area contributed by atoms with Crippen LogP contribution in [0.15, 0.2) is 15.7 Å². The van der Waals surface area contributed by atoms with Crippen molar-refractivity contribution in [2.24, 2.45) is 4.99 Å². The number of aliphatic imine (C=N–C) groups is 1. The number of hydrogen-bond acceptors (Lipinski definition) is 3. The Kier molecular flexibility index (Phi) is 2.80. The molecule has 1 aliphatic heterocycles. The molecule has 1 heterocycles. The highest BCUT2D eigenvalue weighted by molar-refractivity contribution is 9.11. The van der Waals surface area contributed by atoms with Gasteiger partial charge in [-0.1, -0.05) is 0 Å². The van der Waals surface area contributed by atoms with Crippen molar-refractivity contribution in [2.75, 3.05) is 13.3 Å². The van der Waals surface area contributed by atoms with Gasteiger partial charge in [0.15, 0.2) is 5.50 Å². The maximum Gasteiger partial charge on any atom is 0.168 e. The van der Waals surface area contributed by atoms with Gasteiger partial charge in [-0.25, -0.2) is 0 Å². The van der Waals surface area contributed by atoms with Crippen LogP contribution in [0.1, 0.15) is 0 Å². The molecule has 0 saturated heterocycles. The second kappa shape index (κ2) is 3.44. The fourth-order valence-electron chi connectivity index (χ4n) is 0.720. The first-order chi connectivity index (χ1) is 4.75. The fourth-order valence-corrected chi connectivity index (χ4v) is 1.79. The van der Waals surface area contributed by atoms with E-state index in [1.807, 2.05) is 25.6 Å². The molecule has 0 aromatic carbocycles. The minimum Gasteiger partial charge on any atom is -0.339 e. The number of thioether (sulfide) groups is 1. The van der Waals surface area contributed by atoms with E-state index in [0.29, 0.717) is 0 Å². The van der Waals surface area contributed by atoms with Gasteiger partial charge in [0.1, 0.15) is 0 Å². The van der Waals surface area contributed by atoms with E-state index >= 15 is 0 Å². The highest BCUT2D eigenvalue weighted by atomic mass is 79.9. The molecule has 4 heteroatoms. The molecule has 1 rings (SSSR count). The fraction of sp³-hybridized carbons (Fsp3) is 0.500. The van der Waals surface area contributed by atoms with Crippen molar-refractivity contribution < 1.29 is 0 Å². The monoisotopic (exact) mass is 220 g/mol. The largest absolute Gasteiger partial charge is 0.339 e. The first kappa shape index (κ1) is 8.14. The third-order valence-corrected chi connectivity index (χ3v) is 2.99. The molecular formula is C6H9BrN2S. The van der Waals surface area contributed by atoms with E-state index in [1.54, 1.807) is 11.8 Å². The van der Waals surface area contributed by atoms with E-state index in [-0.39, 0.29) is 5.50 Å². The smallest absolute Gasteiger partial charge is 0.168 e. The third-order valence-electron chi connectivity index (χ3n) is 1.30. The molecule has 0 radical (unpaired) electrons. The number of allylic oxidation sites excluding steroid dienone is 1. The summed E-state index contributed by atoms with van der Waals surface area (Å²) in [5, 5.41) is 0. The summed E-state index contributed by atoms with van der Waals surface area (Å²) in [6, 6.07) is 0. The molecule has 0 bridgehead atoms. The molecule has 0 N–H and O–H groups in total.